The first-order chi connectivity index (χ1) is 6.65. The zero-order valence-corrected chi connectivity index (χ0v) is 9.34. The van der Waals surface area contributed by atoms with Crippen LogP contribution in [0.15, 0.2) is 11.3 Å². The van der Waals surface area contributed by atoms with Gasteiger partial charge in [-0.2, -0.15) is 0 Å². The second-order valence-corrected chi connectivity index (χ2v) is 4.12. The molecule has 0 aromatic heterocycles. The van der Waals surface area contributed by atoms with Gasteiger partial charge in [-0.15, -0.1) is 0 Å². The van der Waals surface area contributed by atoms with E-state index in [0.717, 1.165) is 25.2 Å². The Labute approximate surface area is 87.8 Å². The summed E-state index contributed by atoms with van der Waals surface area (Å²) in [6, 6.07) is 0.460. The van der Waals surface area contributed by atoms with E-state index in [1.807, 2.05) is 6.92 Å². The van der Waals surface area contributed by atoms with Crippen LogP contribution in [0, 0.1) is 5.92 Å². The number of rotatable bonds is 4. The molecule has 0 aromatic carbocycles. The molecule has 2 nitrogen and oxygen atoms in total. The molecule has 1 unspecified atom stereocenters. The van der Waals surface area contributed by atoms with E-state index in [9.17, 15) is 0 Å². The fraction of sp³-hybridized carbons (Fsp3) is 0.727. The van der Waals surface area contributed by atoms with Crippen molar-refractivity contribution in [2.75, 3.05) is 13.2 Å². The minimum atomic E-state index is 0.460. The quantitative estimate of drug-likeness (QED) is 0.677. The number of hydrogen-bond acceptors (Lipinski definition) is 2. The topological polar surface area (TPSA) is 21.3 Å². The van der Waals surface area contributed by atoms with E-state index in [-0.39, 0.29) is 0 Å². The second-order valence-electron chi connectivity index (χ2n) is 4.12. The van der Waals surface area contributed by atoms with Gasteiger partial charge < -0.3 is 0 Å². The van der Waals surface area contributed by atoms with Crippen molar-refractivity contribution in [2.45, 2.75) is 33.2 Å². The van der Waals surface area contributed by atoms with Crippen molar-refractivity contribution in [3.63, 3.8) is 0 Å². The van der Waals surface area contributed by atoms with Gasteiger partial charge in [0.2, 0.25) is 0 Å². The Hall–Kier alpha value is -0.565. The van der Waals surface area contributed by atoms with E-state index in [0.29, 0.717) is 12.0 Å². The van der Waals surface area contributed by atoms with Crippen LogP contribution in [-0.2, 0) is 4.74 Å². The predicted molar refractivity (Wildman–Crippen MR) is 61.7 cm³/mol. The molecule has 3 heteroatoms. The molecule has 0 saturated carbocycles. The summed E-state index contributed by atoms with van der Waals surface area (Å²) in [6.45, 7) is 8.07. The van der Waals surface area contributed by atoms with Crippen molar-refractivity contribution in [3.8, 4) is 0 Å². The fourth-order valence-corrected chi connectivity index (χ4v) is 1.69. The number of ether oxygens (including phenoxy) is 1. The van der Waals surface area contributed by atoms with E-state index in [4.69, 9.17) is 12.2 Å². The zero-order chi connectivity index (χ0) is 10.6. The molecule has 14 heavy (non-hydrogen) atoms. The van der Waals surface area contributed by atoms with Gasteiger partial charge in [-0.05, 0) is 0 Å². The molecular weight excluding hydrogens is 173 g/mol. The van der Waals surface area contributed by atoms with Gasteiger partial charge in [0.1, 0.15) is 0 Å². The van der Waals surface area contributed by atoms with Crippen LogP contribution < -0.4 is 5.32 Å². The van der Waals surface area contributed by atoms with Crippen molar-refractivity contribution in [1.29, 1.82) is 0 Å². The molecule has 1 N–H and O–H groups in total. The molecule has 77 valence electrons. The Kier molecular flexibility index (Phi) is 4.40. The molecule has 0 amide bonds. The normalized spacial score (nSPS) is 23.5. The summed E-state index contributed by atoms with van der Waals surface area (Å²) in [6.07, 6.45) is 1.09. The molecule has 0 aliphatic carbocycles. The fourth-order valence-electron chi connectivity index (χ4n) is 1.69. The van der Waals surface area contributed by atoms with Crippen LogP contribution >= 0.6 is 0 Å². The van der Waals surface area contributed by atoms with Gasteiger partial charge in [-0.1, -0.05) is 0 Å². The summed E-state index contributed by atoms with van der Waals surface area (Å²) in [4.78, 5) is 0. The number of hydrogen-bond donors (Lipinski definition) is 1. The van der Waals surface area contributed by atoms with Crippen LogP contribution in [0.5, 0.6) is 0 Å². The molecule has 1 fully saturated rings. The van der Waals surface area contributed by atoms with Gasteiger partial charge >= 0.3 is 87.1 Å². The SMILES string of the molecule is [B]=CC(C)=C(NC1CCOC1)C(C)C. The first-order valence-electron chi connectivity index (χ1n) is 5.25. The monoisotopic (exact) mass is 192 g/mol. The summed E-state index contributed by atoms with van der Waals surface area (Å²) in [5.74, 6) is 2.15. The van der Waals surface area contributed by atoms with Gasteiger partial charge in [-0.3, -0.25) is 0 Å². The maximum atomic E-state index is 5.53. The molecule has 1 aliphatic rings. The third-order valence-corrected chi connectivity index (χ3v) is 2.54. The summed E-state index contributed by atoms with van der Waals surface area (Å²) in [5, 5.41) is 3.51. The van der Waals surface area contributed by atoms with Crippen molar-refractivity contribution in [2.24, 2.45) is 5.92 Å². The zero-order valence-electron chi connectivity index (χ0n) is 9.34. The first kappa shape index (κ1) is 11.5. The molecule has 0 bridgehead atoms. The number of allylic oxidation sites excluding steroid dienone is 2. The average Bonchev–Trinajstić information content (AvgIpc) is 2.65. The van der Waals surface area contributed by atoms with Crippen LogP contribution in [0.2, 0.25) is 0 Å². The van der Waals surface area contributed by atoms with Gasteiger partial charge in [0.15, 0.2) is 0 Å². The van der Waals surface area contributed by atoms with E-state index in [1.165, 1.54) is 5.70 Å². The van der Waals surface area contributed by atoms with Crippen LogP contribution in [0.3, 0.4) is 0 Å². The Bertz CT molecular complexity index is 229. The Morgan fingerprint density at radius 3 is 2.71 bits per heavy atom. The van der Waals surface area contributed by atoms with Crippen LogP contribution in [0.25, 0.3) is 0 Å². The standard InChI is InChI=1S/C11H19BNO/c1-8(2)11(9(3)6-12)13-10-4-5-14-7-10/h6,8,10,13H,4-5,7H2,1-3H3. The van der Waals surface area contributed by atoms with Gasteiger partial charge in [0, 0.05) is 0 Å². The number of nitrogens with one attached hydrogen (secondary N) is 1. The van der Waals surface area contributed by atoms with Crippen molar-refractivity contribution < 1.29 is 4.74 Å². The molecule has 1 radical (unpaired) electrons. The van der Waals surface area contributed by atoms with Gasteiger partial charge in [-0.25, -0.2) is 0 Å². The molecule has 0 aromatic rings. The predicted octanol–water partition coefficient (Wildman–Crippen LogP) is 1.27. The Morgan fingerprint density at radius 2 is 2.29 bits per heavy atom. The van der Waals surface area contributed by atoms with Crippen molar-refractivity contribution in [3.05, 3.63) is 11.3 Å². The van der Waals surface area contributed by atoms with Crippen molar-refractivity contribution >= 4 is 13.5 Å². The molecule has 1 atom stereocenters. The molecule has 1 aliphatic heterocycles. The van der Waals surface area contributed by atoms with Crippen LogP contribution in [0.4, 0.5) is 0 Å². The summed E-state index contributed by atoms with van der Waals surface area (Å²) in [7, 11) is 5.53. The van der Waals surface area contributed by atoms with Gasteiger partial charge in [0.25, 0.3) is 0 Å². The summed E-state index contributed by atoms with van der Waals surface area (Å²) < 4.78 is 5.32. The summed E-state index contributed by atoms with van der Waals surface area (Å²) in [5.41, 5.74) is 2.37. The Balaban J connectivity index is 2.64. The van der Waals surface area contributed by atoms with Gasteiger partial charge in [0.05, 0.1) is 0 Å². The van der Waals surface area contributed by atoms with E-state index >= 15 is 0 Å². The molecule has 0 spiro atoms. The van der Waals surface area contributed by atoms with Crippen molar-refractivity contribution in [1.82, 2.24) is 5.32 Å². The van der Waals surface area contributed by atoms with Crippen LogP contribution in [-0.4, -0.2) is 32.7 Å². The average molecular weight is 192 g/mol. The van der Waals surface area contributed by atoms with E-state index < -0.39 is 0 Å². The molecular formula is C11H19BNO. The van der Waals surface area contributed by atoms with E-state index in [2.05, 4.69) is 19.2 Å². The minimum absolute atomic E-state index is 0.460. The van der Waals surface area contributed by atoms with Crippen LogP contribution in [0.1, 0.15) is 27.2 Å². The second kappa shape index (κ2) is 5.35. The summed E-state index contributed by atoms with van der Waals surface area (Å²) >= 11 is 0. The van der Waals surface area contributed by atoms with E-state index in [1.54, 1.807) is 5.97 Å². The molecule has 1 heterocycles. The third kappa shape index (κ3) is 2.98. The first-order valence-corrected chi connectivity index (χ1v) is 5.25. The molecule has 1 rings (SSSR count). The maximum absolute atomic E-state index is 5.53. The third-order valence-electron chi connectivity index (χ3n) is 2.54. The molecule has 1 saturated heterocycles. The Morgan fingerprint density at radius 1 is 1.57 bits per heavy atom.